The Morgan fingerprint density at radius 3 is 2.60 bits per heavy atom. The van der Waals surface area contributed by atoms with Gasteiger partial charge < -0.3 is 9.30 Å². The van der Waals surface area contributed by atoms with E-state index < -0.39 is 11.2 Å². The first-order chi connectivity index (χ1) is 14.6. The Kier molecular flexibility index (Phi) is 5.47. The highest BCUT2D eigenvalue weighted by atomic mass is 16.5. The average Bonchev–Trinajstić information content (AvgIpc) is 3.14. The molecule has 3 heterocycles. The number of aromatic amines is 1. The minimum Gasteiger partial charge on any atom is -0.496 e. The van der Waals surface area contributed by atoms with Crippen LogP contribution in [-0.4, -0.2) is 31.2 Å². The summed E-state index contributed by atoms with van der Waals surface area (Å²) >= 11 is 0. The molecule has 4 aromatic rings. The van der Waals surface area contributed by atoms with Crippen LogP contribution in [0.1, 0.15) is 25.3 Å². The lowest BCUT2D eigenvalue weighted by Crippen LogP contribution is -2.31. The van der Waals surface area contributed by atoms with E-state index in [4.69, 9.17) is 9.72 Å². The molecule has 0 fully saturated rings. The van der Waals surface area contributed by atoms with Gasteiger partial charge in [-0.2, -0.15) is 0 Å². The van der Waals surface area contributed by atoms with Crippen LogP contribution in [0.2, 0.25) is 0 Å². The summed E-state index contributed by atoms with van der Waals surface area (Å²) in [6.07, 6.45) is 3.40. The number of nitrogens with zero attached hydrogens (tertiary/aromatic N) is 4. The van der Waals surface area contributed by atoms with Gasteiger partial charge in [0.25, 0.3) is 5.56 Å². The number of imidazole rings is 1. The minimum absolute atomic E-state index is 0.345. The highest BCUT2D eigenvalue weighted by Crippen LogP contribution is 2.25. The lowest BCUT2D eigenvalue weighted by atomic mass is 10.2. The van der Waals surface area contributed by atoms with Gasteiger partial charge in [-0.05, 0) is 24.6 Å². The fourth-order valence-electron chi connectivity index (χ4n) is 3.54. The predicted octanol–water partition coefficient (Wildman–Crippen LogP) is 2.81. The lowest BCUT2D eigenvalue weighted by molar-refractivity contribution is 0.408. The molecular formula is C22H23N5O3. The number of rotatable bonds is 7. The Labute approximate surface area is 172 Å². The smallest absolute Gasteiger partial charge is 0.330 e. The molecule has 154 valence electrons. The van der Waals surface area contributed by atoms with Gasteiger partial charge >= 0.3 is 5.69 Å². The second-order valence-corrected chi connectivity index (χ2v) is 6.99. The van der Waals surface area contributed by atoms with Crippen LogP contribution in [0, 0.1) is 0 Å². The van der Waals surface area contributed by atoms with Gasteiger partial charge in [-0.25, -0.2) is 9.78 Å². The van der Waals surface area contributed by atoms with Crippen molar-refractivity contribution in [2.45, 2.75) is 32.9 Å². The largest absolute Gasteiger partial charge is 0.496 e. The molecular weight excluding hydrogens is 382 g/mol. The predicted molar refractivity (Wildman–Crippen MR) is 115 cm³/mol. The second kappa shape index (κ2) is 8.36. The Bertz CT molecular complexity index is 1290. The van der Waals surface area contributed by atoms with Crippen molar-refractivity contribution >= 4 is 11.2 Å². The molecule has 8 heteroatoms. The maximum Gasteiger partial charge on any atom is 0.330 e. The molecule has 1 aromatic carbocycles. The third-order valence-electron chi connectivity index (χ3n) is 5.04. The molecule has 0 saturated carbocycles. The van der Waals surface area contributed by atoms with Crippen molar-refractivity contribution in [2.75, 3.05) is 7.11 Å². The van der Waals surface area contributed by atoms with E-state index in [1.807, 2.05) is 49.4 Å². The van der Waals surface area contributed by atoms with Gasteiger partial charge in [0.15, 0.2) is 17.0 Å². The highest BCUT2D eigenvalue weighted by Gasteiger charge is 2.21. The zero-order chi connectivity index (χ0) is 21.1. The number of ether oxygens (including phenoxy) is 1. The van der Waals surface area contributed by atoms with Gasteiger partial charge in [0.1, 0.15) is 11.4 Å². The molecule has 1 N–H and O–H groups in total. The number of fused-ring (bicyclic) bond motifs is 1. The van der Waals surface area contributed by atoms with Crippen LogP contribution < -0.4 is 16.0 Å². The van der Waals surface area contributed by atoms with E-state index in [-0.39, 0.29) is 0 Å². The molecule has 0 amide bonds. The van der Waals surface area contributed by atoms with E-state index >= 15 is 0 Å². The van der Waals surface area contributed by atoms with Crippen molar-refractivity contribution in [3.05, 3.63) is 75.1 Å². The lowest BCUT2D eigenvalue weighted by Gasteiger charge is -2.12. The van der Waals surface area contributed by atoms with Crippen LogP contribution >= 0.6 is 0 Å². The van der Waals surface area contributed by atoms with Crippen molar-refractivity contribution in [1.82, 2.24) is 24.1 Å². The molecule has 0 aliphatic carbocycles. The number of benzene rings is 1. The summed E-state index contributed by atoms with van der Waals surface area (Å²) in [5, 5.41) is 0. The third kappa shape index (κ3) is 3.52. The number of H-pyrrole nitrogens is 1. The van der Waals surface area contributed by atoms with Crippen molar-refractivity contribution in [1.29, 1.82) is 0 Å². The quantitative estimate of drug-likeness (QED) is 0.510. The molecule has 8 nitrogen and oxygen atoms in total. The first-order valence-electron chi connectivity index (χ1n) is 9.90. The summed E-state index contributed by atoms with van der Waals surface area (Å²) < 4.78 is 8.82. The molecule has 0 spiro atoms. The van der Waals surface area contributed by atoms with E-state index in [1.54, 1.807) is 17.9 Å². The van der Waals surface area contributed by atoms with Crippen molar-refractivity contribution in [2.24, 2.45) is 0 Å². The summed E-state index contributed by atoms with van der Waals surface area (Å²) in [6.45, 7) is 2.88. The summed E-state index contributed by atoms with van der Waals surface area (Å²) in [6, 6.07) is 13.1. The van der Waals surface area contributed by atoms with Gasteiger partial charge in [0.2, 0.25) is 0 Å². The van der Waals surface area contributed by atoms with E-state index in [2.05, 4.69) is 9.97 Å². The van der Waals surface area contributed by atoms with E-state index in [0.29, 0.717) is 41.5 Å². The molecule has 4 rings (SSSR count). The summed E-state index contributed by atoms with van der Waals surface area (Å²) in [5.74, 6) is 1.24. The molecule has 30 heavy (non-hydrogen) atoms. The molecule has 0 aliphatic heterocycles. The first-order valence-corrected chi connectivity index (χ1v) is 9.90. The third-order valence-corrected chi connectivity index (χ3v) is 5.04. The van der Waals surface area contributed by atoms with Crippen LogP contribution in [0.4, 0.5) is 0 Å². The number of unbranched alkanes of at least 4 members (excludes halogenated alkanes) is 1. The zero-order valence-corrected chi connectivity index (χ0v) is 17.0. The average molecular weight is 405 g/mol. The second-order valence-electron chi connectivity index (χ2n) is 6.99. The number of hydrogen-bond acceptors (Lipinski definition) is 5. The van der Waals surface area contributed by atoms with Crippen molar-refractivity contribution < 1.29 is 4.74 Å². The molecule has 0 radical (unpaired) electrons. The topological polar surface area (TPSA) is 94.8 Å². The van der Waals surface area contributed by atoms with Gasteiger partial charge in [-0.15, -0.1) is 0 Å². The van der Waals surface area contributed by atoms with Gasteiger partial charge in [0, 0.05) is 18.3 Å². The molecule has 0 saturated heterocycles. The fraction of sp³-hybridized carbons (Fsp3) is 0.273. The maximum absolute atomic E-state index is 12.9. The first kappa shape index (κ1) is 19.6. The van der Waals surface area contributed by atoms with Crippen LogP contribution in [0.3, 0.4) is 0 Å². The molecule has 0 bridgehead atoms. The van der Waals surface area contributed by atoms with E-state index in [1.165, 1.54) is 4.57 Å². The van der Waals surface area contributed by atoms with Crippen LogP contribution in [0.5, 0.6) is 5.75 Å². The molecule has 0 aliphatic rings. The number of para-hydroxylation sites is 1. The molecule has 0 unspecified atom stereocenters. The van der Waals surface area contributed by atoms with Crippen molar-refractivity contribution in [3.8, 4) is 17.3 Å². The minimum atomic E-state index is -0.465. The highest BCUT2D eigenvalue weighted by molar-refractivity contribution is 5.76. The normalized spacial score (nSPS) is 11.1. The van der Waals surface area contributed by atoms with Crippen LogP contribution in [0.25, 0.3) is 22.7 Å². The van der Waals surface area contributed by atoms with Gasteiger partial charge in [-0.3, -0.25) is 19.3 Å². The molecule has 3 aromatic heterocycles. The Morgan fingerprint density at radius 1 is 1.07 bits per heavy atom. The number of hydrogen-bond donors (Lipinski definition) is 1. The zero-order valence-electron chi connectivity index (χ0n) is 17.0. The summed E-state index contributed by atoms with van der Waals surface area (Å²) in [7, 11) is 1.61. The maximum atomic E-state index is 12.9. The van der Waals surface area contributed by atoms with Gasteiger partial charge in [-0.1, -0.05) is 37.6 Å². The standard InChI is InChI=1S/C22H23N5O3/c1-3-4-13-26-20-18(21(28)25-22(26)29)27(14-15-9-5-6-11-17(15)30-2)19(24-20)16-10-7-8-12-23-16/h5-12H,3-4,13-14H2,1-2H3,(H,25,28,29). The molecule has 0 atom stereocenters. The number of aryl methyl sites for hydroxylation is 1. The van der Waals surface area contributed by atoms with E-state index in [0.717, 1.165) is 18.4 Å². The monoisotopic (exact) mass is 405 g/mol. The summed E-state index contributed by atoms with van der Waals surface area (Å²) in [4.78, 5) is 36.9. The Hall–Kier alpha value is -3.68. The Balaban J connectivity index is 2.01. The van der Waals surface area contributed by atoms with E-state index in [9.17, 15) is 9.59 Å². The van der Waals surface area contributed by atoms with Crippen LogP contribution in [-0.2, 0) is 13.1 Å². The van der Waals surface area contributed by atoms with Gasteiger partial charge in [0.05, 0.1) is 13.7 Å². The Morgan fingerprint density at radius 2 is 1.87 bits per heavy atom. The SMILES string of the molecule is CCCCn1c(=O)[nH]c(=O)c2c1nc(-c1ccccn1)n2Cc1ccccc1OC. The van der Waals surface area contributed by atoms with Crippen molar-refractivity contribution in [3.63, 3.8) is 0 Å². The fourth-order valence-corrected chi connectivity index (χ4v) is 3.54. The number of pyridine rings is 1. The number of methoxy groups -OCH3 is 1. The summed E-state index contributed by atoms with van der Waals surface area (Å²) in [5.41, 5.74) is 1.31. The van der Waals surface area contributed by atoms with Crippen LogP contribution in [0.15, 0.2) is 58.3 Å². The number of nitrogens with one attached hydrogen (secondary N) is 1. The number of aromatic nitrogens is 5.